The van der Waals surface area contributed by atoms with Crippen LogP contribution in [0.15, 0.2) is 41.4 Å². The zero-order valence-electron chi connectivity index (χ0n) is 13.6. The summed E-state index contributed by atoms with van der Waals surface area (Å²) >= 11 is 0. The minimum Gasteiger partial charge on any atom is -0.493 e. The summed E-state index contributed by atoms with van der Waals surface area (Å²) in [6, 6.07) is 8.51. The lowest BCUT2D eigenvalue weighted by atomic mass is 10.2. The van der Waals surface area contributed by atoms with Crippen LogP contribution in [0.5, 0.6) is 5.75 Å². The highest BCUT2D eigenvalue weighted by Crippen LogP contribution is 2.29. The van der Waals surface area contributed by atoms with E-state index in [9.17, 15) is 13.2 Å². The molecule has 0 atom stereocenters. The Kier molecular flexibility index (Phi) is 4.01. The summed E-state index contributed by atoms with van der Waals surface area (Å²) in [6.45, 7) is 1.94. The Labute approximate surface area is 146 Å². The molecular formula is C17H19N3O4S. The first-order valence-electron chi connectivity index (χ1n) is 8.24. The van der Waals surface area contributed by atoms with Crippen molar-refractivity contribution >= 4 is 15.9 Å². The number of ether oxygens (including phenoxy) is 1. The monoisotopic (exact) mass is 361 g/mol. The predicted octanol–water partition coefficient (Wildman–Crippen LogP) is 1.10. The Morgan fingerprint density at radius 1 is 1.12 bits per heavy atom. The third kappa shape index (κ3) is 2.91. The van der Waals surface area contributed by atoms with Gasteiger partial charge in [-0.05, 0) is 35.9 Å². The lowest BCUT2D eigenvalue weighted by Gasteiger charge is -2.33. The fourth-order valence-electron chi connectivity index (χ4n) is 3.24. The van der Waals surface area contributed by atoms with Gasteiger partial charge in [0.2, 0.25) is 10.0 Å². The maximum atomic E-state index is 12.9. The molecule has 1 aromatic carbocycles. The lowest BCUT2D eigenvalue weighted by Crippen LogP contribution is -2.50. The highest BCUT2D eigenvalue weighted by atomic mass is 32.2. The summed E-state index contributed by atoms with van der Waals surface area (Å²) in [5, 5.41) is 0. The van der Waals surface area contributed by atoms with Crippen LogP contribution in [0.1, 0.15) is 16.1 Å². The van der Waals surface area contributed by atoms with Gasteiger partial charge in [-0.15, -0.1) is 0 Å². The Balaban J connectivity index is 1.47. The summed E-state index contributed by atoms with van der Waals surface area (Å²) in [4.78, 5) is 17.2. The number of aromatic amines is 1. The SMILES string of the molecule is O=C(c1ccc[nH]1)N1CCN(S(=O)(=O)c2ccc3c(c2)CCO3)CC1. The van der Waals surface area contributed by atoms with Gasteiger partial charge in [0.05, 0.1) is 11.5 Å². The Hall–Kier alpha value is -2.32. The molecule has 1 N–H and O–H groups in total. The highest BCUT2D eigenvalue weighted by Gasteiger charge is 2.31. The maximum absolute atomic E-state index is 12.9. The number of fused-ring (bicyclic) bond motifs is 1. The molecule has 1 aromatic heterocycles. The molecule has 25 heavy (non-hydrogen) atoms. The molecule has 8 heteroatoms. The average molecular weight is 361 g/mol. The number of aromatic nitrogens is 1. The second-order valence-corrected chi connectivity index (χ2v) is 8.09. The number of hydrogen-bond acceptors (Lipinski definition) is 4. The second kappa shape index (κ2) is 6.20. The number of nitrogens with zero attached hydrogens (tertiary/aromatic N) is 2. The van der Waals surface area contributed by atoms with E-state index in [1.807, 2.05) is 0 Å². The molecule has 2 aliphatic heterocycles. The van der Waals surface area contributed by atoms with Crippen LogP contribution >= 0.6 is 0 Å². The number of amides is 1. The van der Waals surface area contributed by atoms with Crippen molar-refractivity contribution in [1.29, 1.82) is 0 Å². The molecule has 1 saturated heterocycles. The third-order valence-electron chi connectivity index (χ3n) is 4.65. The molecule has 2 aromatic rings. The molecule has 132 valence electrons. The van der Waals surface area contributed by atoms with Gasteiger partial charge >= 0.3 is 0 Å². The van der Waals surface area contributed by atoms with Crippen molar-refractivity contribution in [1.82, 2.24) is 14.2 Å². The van der Waals surface area contributed by atoms with E-state index in [1.165, 1.54) is 4.31 Å². The minimum absolute atomic E-state index is 0.100. The molecule has 0 unspecified atom stereocenters. The van der Waals surface area contributed by atoms with Crippen LogP contribution in [0.4, 0.5) is 0 Å². The molecular weight excluding hydrogens is 342 g/mol. The van der Waals surface area contributed by atoms with Crippen LogP contribution in [0.25, 0.3) is 0 Å². The summed E-state index contributed by atoms with van der Waals surface area (Å²) in [6.07, 6.45) is 2.43. The van der Waals surface area contributed by atoms with E-state index >= 15 is 0 Å². The largest absolute Gasteiger partial charge is 0.493 e. The van der Waals surface area contributed by atoms with E-state index in [0.29, 0.717) is 43.4 Å². The zero-order valence-corrected chi connectivity index (χ0v) is 14.5. The molecule has 1 fully saturated rings. The van der Waals surface area contributed by atoms with Gasteiger partial charge in [-0.1, -0.05) is 0 Å². The van der Waals surface area contributed by atoms with Crippen molar-refractivity contribution in [2.75, 3.05) is 32.8 Å². The van der Waals surface area contributed by atoms with Crippen molar-refractivity contribution in [3.8, 4) is 5.75 Å². The molecule has 2 aliphatic rings. The predicted molar refractivity (Wildman–Crippen MR) is 91.1 cm³/mol. The molecule has 0 radical (unpaired) electrons. The highest BCUT2D eigenvalue weighted by molar-refractivity contribution is 7.89. The van der Waals surface area contributed by atoms with E-state index < -0.39 is 10.0 Å². The van der Waals surface area contributed by atoms with Crippen LogP contribution in [0, 0.1) is 0 Å². The number of benzene rings is 1. The maximum Gasteiger partial charge on any atom is 0.270 e. The summed E-state index contributed by atoms with van der Waals surface area (Å²) in [5.74, 6) is 0.664. The number of sulfonamides is 1. The van der Waals surface area contributed by atoms with E-state index in [-0.39, 0.29) is 5.91 Å². The number of H-pyrrole nitrogens is 1. The Bertz CT molecular complexity index is 885. The number of piperazine rings is 1. The van der Waals surface area contributed by atoms with Crippen LogP contribution in [0.3, 0.4) is 0 Å². The summed E-state index contributed by atoms with van der Waals surface area (Å²) in [5.41, 5.74) is 1.46. The van der Waals surface area contributed by atoms with Crippen molar-refractivity contribution in [2.24, 2.45) is 0 Å². The van der Waals surface area contributed by atoms with Gasteiger partial charge in [0.15, 0.2) is 0 Å². The van der Waals surface area contributed by atoms with E-state index in [0.717, 1.165) is 17.7 Å². The Morgan fingerprint density at radius 2 is 1.92 bits per heavy atom. The second-order valence-electron chi connectivity index (χ2n) is 6.15. The minimum atomic E-state index is -3.55. The number of hydrogen-bond donors (Lipinski definition) is 1. The van der Waals surface area contributed by atoms with Crippen molar-refractivity contribution in [2.45, 2.75) is 11.3 Å². The van der Waals surface area contributed by atoms with Crippen molar-refractivity contribution in [3.63, 3.8) is 0 Å². The summed E-state index contributed by atoms with van der Waals surface area (Å²) < 4.78 is 32.6. The quantitative estimate of drug-likeness (QED) is 0.887. The first-order valence-corrected chi connectivity index (χ1v) is 9.68. The van der Waals surface area contributed by atoms with E-state index in [1.54, 1.807) is 41.4 Å². The fourth-order valence-corrected chi connectivity index (χ4v) is 4.71. The first kappa shape index (κ1) is 16.2. The van der Waals surface area contributed by atoms with Gasteiger partial charge in [-0.3, -0.25) is 4.79 Å². The molecule has 0 saturated carbocycles. The molecule has 0 bridgehead atoms. The number of carbonyl (C=O) groups excluding carboxylic acids is 1. The average Bonchev–Trinajstić information content (AvgIpc) is 3.32. The smallest absolute Gasteiger partial charge is 0.270 e. The van der Waals surface area contributed by atoms with Crippen molar-refractivity contribution in [3.05, 3.63) is 47.8 Å². The van der Waals surface area contributed by atoms with Gasteiger partial charge in [0.25, 0.3) is 5.91 Å². The molecule has 4 rings (SSSR count). The van der Waals surface area contributed by atoms with Gasteiger partial charge < -0.3 is 14.6 Å². The normalized spacial score (nSPS) is 18.0. The molecule has 3 heterocycles. The van der Waals surface area contributed by atoms with Gasteiger partial charge in [-0.2, -0.15) is 4.31 Å². The molecule has 0 aliphatic carbocycles. The van der Waals surface area contributed by atoms with Crippen LogP contribution in [-0.2, 0) is 16.4 Å². The van der Waals surface area contributed by atoms with Gasteiger partial charge in [-0.25, -0.2) is 8.42 Å². The number of nitrogens with one attached hydrogen (secondary N) is 1. The molecule has 1 amide bonds. The third-order valence-corrected chi connectivity index (χ3v) is 6.55. The lowest BCUT2D eigenvalue weighted by molar-refractivity contribution is 0.0692. The van der Waals surface area contributed by atoms with Gasteiger partial charge in [0.1, 0.15) is 11.4 Å². The van der Waals surface area contributed by atoms with Crippen LogP contribution < -0.4 is 4.74 Å². The summed E-state index contributed by atoms with van der Waals surface area (Å²) in [7, 11) is -3.55. The van der Waals surface area contributed by atoms with Crippen LogP contribution in [-0.4, -0.2) is 61.3 Å². The zero-order chi connectivity index (χ0) is 17.4. The first-order chi connectivity index (χ1) is 12.1. The topological polar surface area (TPSA) is 82.7 Å². The Morgan fingerprint density at radius 3 is 2.64 bits per heavy atom. The molecule has 0 spiro atoms. The number of rotatable bonds is 3. The van der Waals surface area contributed by atoms with Crippen LogP contribution in [0.2, 0.25) is 0 Å². The fraction of sp³-hybridized carbons (Fsp3) is 0.353. The number of carbonyl (C=O) groups is 1. The van der Waals surface area contributed by atoms with Gasteiger partial charge in [0, 0.05) is 38.8 Å². The standard InChI is InChI=1S/C17H19N3O4S/c21-17(15-2-1-6-18-15)19-7-9-20(10-8-19)25(22,23)14-3-4-16-13(12-14)5-11-24-16/h1-4,6,12,18H,5,7-11H2. The van der Waals surface area contributed by atoms with E-state index in [4.69, 9.17) is 4.74 Å². The van der Waals surface area contributed by atoms with Crippen molar-refractivity contribution < 1.29 is 17.9 Å². The van der Waals surface area contributed by atoms with E-state index in [2.05, 4.69) is 4.98 Å². The molecule has 7 nitrogen and oxygen atoms in total.